The molecule has 0 saturated carbocycles. The molecule has 3 aromatic rings. The van der Waals surface area contributed by atoms with Gasteiger partial charge >= 0.3 is 6.01 Å². The first-order valence-electron chi connectivity index (χ1n) is 8.31. The molecule has 0 amide bonds. The third kappa shape index (κ3) is 4.63. The van der Waals surface area contributed by atoms with Crippen LogP contribution in [0.4, 0.5) is 0 Å². The van der Waals surface area contributed by atoms with Crippen LogP contribution in [0.3, 0.4) is 0 Å². The summed E-state index contributed by atoms with van der Waals surface area (Å²) in [5.74, 6) is 0.541. The zero-order valence-electron chi connectivity index (χ0n) is 14.5. The van der Waals surface area contributed by atoms with Crippen LogP contribution in [-0.2, 0) is 6.54 Å². The Hall–Kier alpha value is -2.74. The lowest BCUT2D eigenvalue weighted by Crippen LogP contribution is -2.12. The van der Waals surface area contributed by atoms with Crippen LogP contribution in [0.2, 0.25) is 0 Å². The first kappa shape index (κ1) is 17.1. The number of hydrogen-bond donors (Lipinski definition) is 1. The number of pyridine rings is 1. The van der Waals surface area contributed by atoms with Crippen LogP contribution < -0.4 is 10.3 Å². The van der Waals surface area contributed by atoms with Crippen molar-refractivity contribution in [2.75, 3.05) is 20.6 Å². The third-order valence-corrected chi connectivity index (χ3v) is 3.80. The Morgan fingerprint density at radius 1 is 1.24 bits per heavy atom. The van der Waals surface area contributed by atoms with E-state index in [-0.39, 0.29) is 11.6 Å². The number of nitrogens with zero attached hydrogens (tertiary/aromatic N) is 5. The van der Waals surface area contributed by atoms with Crippen molar-refractivity contribution >= 4 is 10.9 Å². The fraction of sp³-hybridized carbons (Fsp3) is 0.412. The first-order valence-corrected chi connectivity index (χ1v) is 8.31. The molecule has 0 fully saturated rings. The Labute approximate surface area is 145 Å². The molecule has 3 heterocycles. The van der Waals surface area contributed by atoms with Crippen LogP contribution in [0, 0.1) is 0 Å². The van der Waals surface area contributed by atoms with E-state index in [0.717, 1.165) is 25.9 Å². The van der Waals surface area contributed by atoms with Crippen LogP contribution in [0.25, 0.3) is 10.9 Å². The highest BCUT2D eigenvalue weighted by Gasteiger charge is 2.07. The summed E-state index contributed by atoms with van der Waals surface area (Å²) in [4.78, 5) is 25.1. The average molecular weight is 342 g/mol. The van der Waals surface area contributed by atoms with E-state index in [4.69, 9.17) is 4.74 Å². The van der Waals surface area contributed by atoms with Crippen molar-refractivity contribution in [1.29, 1.82) is 0 Å². The number of aryl methyl sites for hydroxylation is 1. The van der Waals surface area contributed by atoms with E-state index in [9.17, 15) is 4.79 Å². The second kappa shape index (κ2) is 7.89. The minimum Gasteiger partial charge on any atom is -0.422 e. The second-order valence-corrected chi connectivity index (χ2v) is 6.17. The average Bonchev–Trinajstić information content (AvgIpc) is 3.01. The van der Waals surface area contributed by atoms with E-state index in [1.807, 2.05) is 4.68 Å². The largest absolute Gasteiger partial charge is 0.422 e. The van der Waals surface area contributed by atoms with Crippen molar-refractivity contribution < 1.29 is 4.74 Å². The standard InChI is InChI=1S/C17H22N6O2/c1-22(2)8-4-3-5-9-23-12-13(10-19-23)25-17-20-15-11-18-7-6-14(15)16(24)21-17/h6-7,10-12H,3-5,8-9H2,1-2H3,(H,20,21,24). The molecule has 0 aliphatic heterocycles. The van der Waals surface area contributed by atoms with E-state index in [0.29, 0.717) is 16.7 Å². The molecule has 132 valence electrons. The number of aromatic amines is 1. The van der Waals surface area contributed by atoms with Gasteiger partial charge in [0, 0.05) is 12.7 Å². The van der Waals surface area contributed by atoms with Crippen molar-refractivity contribution in [3.05, 3.63) is 41.2 Å². The lowest BCUT2D eigenvalue weighted by molar-refractivity contribution is 0.386. The van der Waals surface area contributed by atoms with Crippen molar-refractivity contribution in [2.24, 2.45) is 0 Å². The summed E-state index contributed by atoms with van der Waals surface area (Å²) < 4.78 is 7.46. The summed E-state index contributed by atoms with van der Waals surface area (Å²) in [6, 6.07) is 1.76. The topological polar surface area (TPSA) is 88.9 Å². The lowest BCUT2D eigenvalue weighted by Gasteiger charge is -2.08. The molecule has 0 radical (unpaired) electrons. The van der Waals surface area contributed by atoms with Crippen molar-refractivity contribution in [2.45, 2.75) is 25.8 Å². The van der Waals surface area contributed by atoms with Gasteiger partial charge in [0.15, 0.2) is 5.75 Å². The quantitative estimate of drug-likeness (QED) is 0.630. The molecular weight excluding hydrogens is 320 g/mol. The predicted octanol–water partition coefficient (Wildman–Crippen LogP) is 2.04. The maximum Gasteiger partial charge on any atom is 0.302 e. The van der Waals surface area contributed by atoms with Gasteiger partial charge in [-0.3, -0.25) is 19.4 Å². The van der Waals surface area contributed by atoms with Gasteiger partial charge in [0.1, 0.15) is 0 Å². The highest BCUT2D eigenvalue weighted by atomic mass is 16.5. The van der Waals surface area contributed by atoms with Gasteiger partial charge in [-0.25, -0.2) is 0 Å². The lowest BCUT2D eigenvalue weighted by atomic mass is 10.2. The van der Waals surface area contributed by atoms with Gasteiger partial charge in [-0.15, -0.1) is 0 Å². The Balaban J connectivity index is 1.59. The minimum absolute atomic E-state index is 0.135. The summed E-state index contributed by atoms with van der Waals surface area (Å²) in [5, 5.41) is 4.76. The molecule has 25 heavy (non-hydrogen) atoms. The zero-order valence-corrected chi connectivity index (χ0v) is 14.5. The van der Waals surface area contributed by atoms with Crippen molar-refractivity contribution in [3.63, 3.8) is 0 Å². The maximum atomic E-state index is 12.0. The smallest absolute Gasteiger partial charge is 0.302 e. The summed E-state index contributed by atoms with van der Waals surface area (Å²) >= 11 is 0. The molecule has 0 aliphatic carbocycles. The molecule has 0 unspecified atom stereocenters. The van der Waals surface area contributed by atoms with Crippen LogP contribution in [0.15, 0.2) is 35.6 Å². The number of unbranched alkanes of at least 4 members (excludes halogenated alkanes) is 2. The zero-order chi connectivity index (χ0) is 17.6. The van der Waals surface area contributed by atoms with Crippen LogP contribution in [-0.4, -0.2) is 50.3 Å². The van der Waals surface area contributed by atoms with Crippen LogP contribution >= 0.6 is 0 Å². The van der Waals surface area contributed by atoms with Crippen molar-refractivity contribution in [1.82, 2.24) is 29.6 Å². The molecule has 0 atom stereocenters. The van der Waals surface area contributed by atoms with Crippen molar-refractivity contribution in [3.8, 4) is 11.8 Å². The normalized spacial score (nSPS) is 11.3. The van der Waals surface area contributed by atoms with Gasteiger partial charge in [-0.1, -0.05) is 6.42 Å². The van der Waals surface area contributed by atoms with Gasteiger partial charge in [-0.2, -0.15) is 10.1 Å². The monoisotopic (exact) mass is 342 g/mol. The van der Waals surface area contributed by atoms with Gasteiger partial charge in [0.05, 0.1) is 29.5 Å². The molecule has 0 aromatic carbocycles. The second-order valence-electron chi connectivity index (χ2n) is 6.17. The summed E-state index contributed by atoms with van der Waals surface area (Å²) in [6.45, 7) is 1.94. The fourth-order valence-electron chi connectivity index (χ4n) is 2.53. The molecule has 0 spiro atoms. The Morgan fingerprint density at radius 2 is 2.12 bits per heavy atom. The summed E-state index contributed by atoms with van der Waals surface area (Å²) in [6.07, 6.45) is 9.91. The summed E-state index contributed by atoms with van der Waals surface area (Å²) in [5.41, 5.74) is 0.241. The molecule has 3 rings (SSSR count). The molecule has 0 bridgehead atoms. The fourth-order valence-corrected chi connectivity index (χ4v) is 2.53. The van der Waals surface area contributed by atoms with E-state index in [1.165, 1.54) is 12.6 Å². The molecular formula is C17H22N6O2. The van der Waals surface area contributed by atoms with E-state index in [1.54, 1.807) is 24.7 Å². The number of aromatic nitrogens is 5. The molecule has 0 saturated heterocycles. The number of ether oxygens (including phenoxy) is 1. The highest BCUT2D eigenvalue weighted by molar-refractivity contribution is 5.76. The van der Waals surface area contributed by atoms with E-state index in [2.05, 4.69) is 39.0 Å². The first-order chi connectivity index (χ1) is 12.1. The molecule has 3 aromatic heterocycles. The number of hydrogen-bond acceptors (Lipinski definition) is 6. The van der Waals surface area contributed by atoms with Gasteiger partial charge in [0.2, 0.25) is 0 Å². The number of fused-ring (bicyclic) bond motifs is 1. The van der Waals surface area contributed by atoms with Crippen LogP contribution in [0.5, 0.6) is 11.8 Å². The molecule has 8 heteroatoms. The Kier molecular flexibility index (Phi) is 5.39. The van der Waals surface area contributed by atoms with E-state index < -0.39 is 0 Å². The van der Waals surface area contributed by atoms with E-state index >= 15 is 0 Å². The number of nitrogens with one attached hydrogen (secondary N) is 1. The number of rotatable bonds is 8. The maximum absolute atomic E-state index is 12.0. The summed E-state index contributed by atoms with van der Waals surface area (Å²) in [7, 11) is 4.16. The molecule has 0 aliphatic rings. The highest BCUT2D eigenvalue weighted by Crippen LogP contribution is 2.17. The van der Waals surface area contributed by atoms with Gasteiger partial charge in [0.25, 0.3) is 5.56 Å². The third-order valence-electron chi connectivity index (χ3n) is 3.80. The SMILES string of the molecule is CN(C)CCCCCn1cc(Oc2nc3cnccc3c(=O)[nH]2)cn1. The van der Waals surface area contributed by atoms with Gasteiger partial charge in [-0.05, 0) is 39.5 Å². The van der Waals surface area contributed by atoms with Crippen LogP contribution in [0.1, 0.15) is 19.3 Å². The molecule has 1 N–H and O–H groups in total. The molecule has 8 nitrogen and oxygen atoms in total. The predicted molar refractivity (Wildman–Crippen MR) is 94.9 cm³/mol. The Bertz CT molecular complexity index is 886. The number of H-pyrrole nitrogens is 1. The van der Waals surface area contributed by atoms with Gasteiger partial charge < -0.3 is 9.64 Å². The minimum atomic E-state index is -0.254. The Morgan fingerprint density at radius 3 is 2.96 bits per heavy atom.